The van der Waals surface area contributed by atoms with E-state index in [0.717, 1.165) is 0 Å². The highest BCUT2D eigenvalue weighted by Gasteiger charge is 2.62. The first kappa shape index (κ1) is 19.8. The van der Waals surface area contributed by atoms with Crippen LogP contribution in [0.3, 0.4) is 0 Å². The Hall–Kier alpha value is -1.51. The van der Waals surface area contributed by atoms with Crippen molar-refractivity contribution in [3.63, 3.8) is 0 Å². The number of hydrogen-bond donors (Lipinski definition) is 1. The molecule has 0 radical (unpaired) electrons. The maximum atomic E-state index is 13.0. The summed E-state index contributed by atoms with van der Waals surface area (Å²) in [6.07, 6.45) is -3.03. The standard InChI is InChI=1S/C21H29NO6/c1-11(2)12-7-9-13(10-8-12)22-18(23)16-14-15(26-20(3,4)25-14)17-19(24-16)28-21(5,6)27-17/h7-11,14-17,19H,1-6H3,(H,22,23)/t14-,15+,16+,17-,19+/m1/s1. The van der Waals surface area contributed by atoms with E-state index in [1.165, 1.54) is 5.56 Å². The summed E-state index contributed by atoms with van der Waals surface area (Å²) in [5.41, 5.74) is 1.92. The van der Waals surface area contributed by atoms with Crippen molar-refractivity contribution in [3.8, 4) is 0 Å². The Bertz CT molecular complexity index is 744. The smallest absolute Gasteiger partial charge is 0.256 e. The third-order valence-corrected chi connectivity index (χ3v) is 5.26. The molecule has 0 unspecified atom stereocenters. The summed E-state index contributed by atoms with van der Waals surface area (Å²) >= 11 is 0. The Labute approximate surface area is 165 Å². The SMILES string of the molecule is CC(C)c1ccc(NC(=O)[C@H]2O[C@H]3OC(C)(C)O[C@@H]3[C@H]3OC(C)(C)O[C@H]32)cc1. The molecule has 28 heavy (non-hydrogen) atoms. The molecule has 0 bridgehead atoms. The van der Waals surface area contributed by atoms with Crippen LogP contribution in [0.15, 0.2) is 24.3 Å². The molecule has 0 spiro atoms. The highest BCUT2D eigenvalue weighted by atomic mass is 16.9. The second-order valence-corrected chi connectivity index (χ2v) is 8.86. The summed E-state index contributed by atoms with van der Waals surface area (Å²) in [6.45, 7) is 11.5. The lowest BCUT2D eigenvalue weighted by atomic mass is 9.98. The van der Waals surface area contributed by atoms with Gasteiger partial charge in [-0.2, -0.15) is 0 Å². The van der Waals surface area contributed by atoms with Crippen LogP contribution in [-0.4, -0.2) is 48.2 Å². The number of carbonyl (C=O) groups is 1. The van der Waals surface area contributed by atoms with Gasteiger partial charge in [-0.3, -0.25) is 4.79 Å². The molecule has 7 nitrogen and oxygen atoms in total. The van der Waals surface area contributed by atoms with Gasteiger partial charge in [0, 0.05) is 5.69 Å². The van der Waals surface area contributed by atoms with Gasteiger partial charge < -0.3 is 29.0 Å². The third-order valence-electron chi connectivity index (χ3n) is 5.26. The molecule has 3 heterocycles. The molecule has 3 fully saturated rings. The molecule has 1 aromatic rings. The van der Waals surface area contributed by atoms with Crippen molar-refractivity contribution in [3.05, 3.63) is 29.8 Å². The van der Waals surface area contributed by atoms with Gasteiger partial charge in [0.1, 0.15) is 18.3 Å². The van der Waals surface area contributed by atoms with Crippen LogP contribution in [0.2, 0.25) is 0 Å². The lowest BCUT2D eigenvalue weighted by molar-refractivity contribution is -0.229. The van der Waals surface area contributed by atoms with Crippen LogP contribution in [0.1, 0.15) is 53.0 Å². The van der Waals surface area contributed by atoms with Crippen LogP contribution in [0.25, 0.3) is 0 Å². The zero-order chi connectivity index (χ0) is 20.3. The molecule has 7 heteroatoms. The number of amides is 1. The molecule has 5 atom stereocenters. The highest BCUT2D eigenvalue weighted by molar-refractivity contribution is 5.94. The number of anilines is 1. The zero-order valence-corrected chi connectivity index (χ0v) is 17.2. The second kappa shape index (κ2) is 6.78. The first-order valence-electron chi connectivity index (χ1n) is 9.82. The van der Waals surface area contributed by atoms with E-state index < -0.39 is 42.3 Å². The lowest BCUT2D eigenvalue weighted by Gasteiger charge is -2.36. The average Bonchev–Trinajstić information content (AvgIpc) is 3.08. The van der Waals surface area contributed by atoms with E-state index >= 15 is 0 Å². The van der Waals surface area contributed by atoms with Crippen molar-refractivity contribution in [2.24, 2.45) is 0 Å². The highest BCUT2D eigenvalue weighted by Crippen LogP contribution is 2.44. The molecule has 3 aliphatic rings. The number of carbonyl (C=O) groups excluding carboxylic acids is 1. The minimum absolute atomic E-state index is 0.291. The molecule has 3 saturated heterocycles. The summed E-state index contributed by atoms with van der Waals surface area (Å²) in [4.78, 5) is 13.0. The quantitative estimate of drug-likeness (QED) is 0.853. The molecule has 1 amide bonds. The lowest BCUT2D eigenvalue weighted by Crippen LogP contribution is -2.58. The first-order chi connectivity index (χ1) is 13.0. The fourth-order valence-corrected chi connectivity index (χ4v) is 3.99. The Balaban J connectivity index is 1.53. The predicted octanol–water partition coefficient (Wildman–Crippen LogP) is 3.15. The van der Waals surface area contributed by atoms with Gasteiger partial charge in [0.15, 0.2) is 24.0 Å². The Kier molecular flexibility index (Phi) is 4.79. The van der Waals surface area contributed by atoms with E-state index in [9.17, 15) is 4.79 Å². The van der Waals surface area contributed by atoms with Gasteiger partial charge in [0.25, 0.3) is 5.91 Å². The molecule has 0 aromatic heterocycles. The number of benzene rings is 1. The van der Waals surface area contributed by atoms with Crippen LogP contribution in [0.4, 0.5) is 5.69 Å². The van der Waals surface area contributed by atoms with Crippen molar-refractivity contribution in [2.45, 2.75) is 89.7 Å². The zero-order valence-electron chi connectivity index (χ0n) is 17.2. The fourth-order valence-electron chi connectivity index (χ4n) is 3.99. The topological polar surface area (TPSA) is 75.3 Å². The maximum Gasteiger partial charge on any atom is 0.256 e. The molecule has 0 saturated carbocycles. The molecule has 3 aliphatic heterocycles. The summed E-state index contributed by atoms with van der Waals surface area (Å²) in [5, 5.41) is 2.92. The average molecular weight is 391 g/mol. The summed E-state index contributed by atoms with van der Waals surface area (Å²) in [6, 6.07) is 7.81. The van der Waals surface area contributed by atoms with Crippen molar-refractivity contribution in [2.75, 3.05) is 5.32 Å². The van der Waals surface area contributed by atoms with Gasteiger partial charge in [-0.25, -0.2) is 0 Å². The minimum atomic E-state index is -0.865. The monoisotopic (exact) mass is 391 g/mol. The van der Waals surface area contributed by atoms with E-state index in [1.54, 1.807) is 0 Å². The van der Waals surface area contributed by atoms with E-state index in [1.807, 2.05) is 52.0 Å². The van der Waals surface area contributed by atoms with Crippen molar-refractivity contribution >= 4 is 11.6 Å². The molecule has 1 N–H and O–H groups in total. The second-order valence-electron chi connectivity index (χ2n) is 8.86. The van der Waals surface area contributed by atoms with Crippen LogP contribution in [-0.2, 0) is 28.5 Å². The first-order valence-corrected chi connectivity index (χ1v) is 9.82. The normalized spacial score (nSPS) is 35.5. The number of ether oxygens (including phenoxy) is 5. The predicted molar refractivity (Wildman–Crippen MR) is 102 cm³/mol. The Morgan fingerprint density at radius 1 is 0.893 bits per heavy atom. The van der Waals surface area contributed by atoms with E-state index in [4.69, 9.17) is 23.7 Å². The number of rotatable bonds is 3. The van der Waals surface area contributed by atoms with E-state index in [0.29, 0.717) is 11.6 Å². The van der Waals surface area contributed by atoms with Crippen molar-refractivity contribution in [1.29, 1.82) is 0 Å². The molecule has 154 valence electrons. The fraction of sp³-hybridized carbons (Fsp3) is 0.667. The third kappa shape index (κ3) is 3.69. The van der Waals surface area contributed by atoms with Gasteiger partial charge in [0.05, 0.1) is 0 Å². The number of nitrogens with one attached hydrogen (secondary N) is 1. The van der Waals surface area contributed by atoms with Gasteiger partial charge in [-0.1, -0.05) is 26.0 Å². The Morgan fingerprint density at radius 2 is 1.46 bits per heavy atom. The van der Waals surface area contributed by atoms with Crippen LogP contribution >= 0.6 is 0 Å². The van der Waals surface area contributed by atoms with Crippen LogP contribution in [0.5, 0.6) is 0 Å². The molecular formula is C21H29NO6. The van der Waals surface area contributed by atoms with Gasteiger partial charge in [-0.05, 0) is 51.3 Å². The molecular weight excluding hydrogens is 362 g/mol. The molecule has 0 aliphatic carbocycles. The van der Waals surface area contributed by atoms with Gasteiger partial charge in [-0.15, -0.1) is 0 Å². The summed E-state index contributed by atoms with van der Waals surface area (Å²) in [7, 11) is 0. The summed E-state index contributed by atoms with van der Waals surface area (Å²) in [5.74, 6) is -1.51. The van der Waals surface area contributed by atoms with Crippen LogP contribution < -0.4 is 5.32 Å². The van der Waals surface area contributed by atoms with E-state index in [-0.39, 0.29) is 5.91 Å². The van der Waals surface area contributed by atoms with E-state index in [2.05, 4.69) is 19.2 Å². The largest absolute Gasteiger partial charge is 0.342 e. The summed E-state index contributed by atoms with van der Waals surface area (Å²) < 4.78 is 29.8. The molecule has 1 aromatic carbocycles. The minimum Gasteiger partial charge on any atom is -0.342 e. The molecule has 4 rings (SSSR count). The van der Waals surface area contributed by atoms with Crippen LogP contribution in [0, 0.1) is 0 Å². The number of fused-ring (bicyclic) bond motifs is 3. The number of hydrogen-bond acceptors (Lipinski definition) is 6. The van der Waals surface area contributed by atoms with Gasteiger partial charge in [0.2, 0.25) is 0 Å². The maximum absolute atomic E-state index is 13.0. The van der Waals surface area contributed by atoms with Gasteiger partial charge >= 0.3 is 0 Å². The Morgan fingerprint density at radius 3 is 2.11 bits per heavy atom. The van der Waals surface area contributed by atoms with Crippen molar-refractivity contribution in [1.82, 2.24) is 0 Å². The van der Waals surface area contributed by atoms with Crippen molar-refractivity contribution < 1.29 is 28.5 Å².